The molecule has 1 aliphatic rings. The first-order valence-corrected chi connectivity index (χ1v) is 7.88. The number of nitrogens with zero attached hydrogens (tertiary/aromatic N) is 3. The molecule has 1 fully saturated rings. The maximum absolute atomic E-state index is 12.8. The van der Waals surface area contributed by atoms with Crippen molar-refractivity contribution < 1.29 is 4.79 Å². The topological polar surface area (TPSA) is 85.1 Å². The highest BCUT2D eigenvalue weighted by molar-refractivity contribution is 6.04. The van der Waals surface area contributed by atoms with Crippen molar-refractivity contribution in [2.75, 3.05) is 31.1 Å². The number of rotatable bonds is 2. The Labute approximate surface area is 137 Å². The van der Waals surface area contributed by atoms with E-state index in [1.807, 2.05) is 23.1 Å². The summed E-state index contributed by atoms with van der Waals surface area (Å²) >= 11 is 0. The van der Waals surface area contributed by atoms with Crippen LogP contribution >= 0.6 is 0 Å². The lowest BCUT2D eigenvalue weighted by Gasteiger charge is -2.35. The molecule has 2 N–H and O–H groups in total. The number of imidazole rings is 1. The Bertz CT molecular complexity index is 923. The second-order valence-electron chi connectivity index (χ2n) is 5.77. The van der Waals surface area contributed by atoms with Gasteiger partial charge in [-0.3, -0.25) is 4.79 Å². The first kappa shape index (κ1) is 14.5. The van der Waals surface area contributed by atoms with Gasteiger partial charge in [0.2, 0.25) is 0 Å². The smallest absolute Gasteiger partial charge is 0.323 e. The van der Waals surface area contributed by atoms with Crippen LogP contribution in [0.5, 0.6) is 0 Å². The van der Waals surface area contributed by atoms with E-state index in [4.69, 9.17) is 0 Å². The zero-order chi connectivity index (χ0) is 16.5. The lowest BCUT2D eigenvalue weighted by atomic mass is 10.1. The van der Waals surface area contributed by atoms with Crippen LogP contribution in [0, 0.1) is 0 Å². The second-order valence-corrected chi connectivity index (χ2v) is 5.77. The van der Waals surface area contributed by atoms with E-state index in [1.54, 1.807) is 24.4 Å². The van der Waals surface area contributed by atoms with Crippen LogP contribution in [0.3, 0.4) is 0 Å². The average molecular weight is 323 g/mol. The molecule has 0 atom stereocenters. The first-order valence-electron chi connectivity index (χ1n) is 7.88. The van der Waals surface area contributed by atoms with Gasteiger partial charge < -0.3 is 19.8 Å². The Morgan fingerprint density at radius 1 is 1.00 bits per heavy atom. The summed E-state index contributed by atoms with van der Waals surface area (Å²) < 4.78 is 0. The number of hydrogen-bond donors (Lipinski definition) is 2. The lowest BCUT2D eigenvalue weighted by Crippen LogP contribution is -2.49. The van der Waals surface area contributed by atoms with Crippen molar-refractivity contribution in [1.82, 2.24) is 19.9 Å². The monoisotopic (exact) mass is 323 g/mol. The van der Waals surface area contributed by atoms with Gasteiger partial charge in [0, 0.05) is 32.4 Å². The largest absolute Gasteiger partial charge is 0.353 e. The van der Waals surface area contributed by atoms with Crippen molar-refractivity contribution >= 4 is 22.8 Å². The lowest BCUT2D eigenvalue weighted by molar-refractivity contribution is 0.0748. The minimum Gasteiger partial charge on any atom is -0.353 e. The maximum Gasteiger partial charge on any atom is 0.323 e. The highest BCUT2D eigenvalue weighted by Crippen LogP contribution is 2.18. The van der Waals surface area contributed by atoms with E-state index in [0.717, 1.165) is 18.9 Å². The molecule has 1 aliphatic heterocycles. The molecule has 7 heteroatoms. The van der Waals surface area contributed by atoms with Crippen LogP contribution in [0.15, 0.2) is 47.4 Å². The summed E-state index contributed by atoms with van der Waals surface area (Å²) in [6.45, 7) is 2.73. The Hall–Kier alpha value is -3.09. The fourth-order valence-electron chi connectivity index (χ4n) is 3.09. The van der Waals surface area contributed by atoms with Crippen LogP contribution in [0.4, 0.5) is 5.82 Å². The van der Waals surface area contributed by atoms with Crippen LogP contribution in [-0.4, -0.2) is 51.9 Å². The fourth-order valence-corrected chi connectivity index (χ4v) is 3.09. The van der Waals surface area contributed by atoms with Crippen molar-refractivity contribution in [3.63, 3.8) is 0 Å². The number of nitrogens with one attached hydrogen (secondary N) is 2. The zero-order valence-electron chi connectivity index (χ0n) is 13.0. The molecule has 122 valence electrons. The molecule has 2 aromatic heterocycles. The molecule has 0 unspecified atom stereocenters. The minimum absolute atomic E-state index is 0.0588. The number of aromatic amines is 2. The van der Waals surface area contributed by atoms with Gasteiger partial charge in [0.15, 0.2) is 0 Å². The van der Waals surface area contributed by atoms with E-state index in [-0.39, 0.29) is 11.6 Å². The molecule has 3 heterocycles. The number of carbonyl (C=O) groups is 1. The Kier molecular flexibility index (Phi) is 3.53. The maximum atomic E-state index is 12.8. The predicted octanol–water partition coefficient (Wildman–Crippen LogP) is 1.21. The van der Waals surface area contributed by atoms with E-state index in [1.165, 1.54) is 0 Å². The third kappa shape index (κ3) is 2.54. The number of benzene rings is 1. The molecular formula is C17H17N5O2. The molecule has 0 spiro atoms. The Balaban J connectivity index is 1.53. The Morgan fingerprint density at radius 3 is 2.58 bits per heavy atom. The fraction of sp³-hybridized carbons (Fsp3) is 0.235. The number of fused-ring (bicyclic) bond motifs is 1. The van der Waals surface area contributed by atoms with Crippen LogP contribution in [-0.2, 0) is 0 Å². The second kappa shape index (κ2) is 5.84. The van der Waals surface area contributed by atoms with Crippen LogP contribution in [0.25, 0.3) is 11.0 Å². The van der Waals surface area contributed by atoms with Gasteiger partial charge in [0.05, 0.1) is 16.6 Å². The third-order valence-corrected chi connectivity index (χ3v) is 4.32. The molecule has 1 amide bonds. The molecular weight excluding hydrogens is 306 g/mol. The van der Waals surface area contributed by atoms with E-state index in [2.05, 4.69) is 19.9 Å². The summed E-state index contributed by atoms with van der Waals surface area (Å²) in [5, 5.41) is 0. The molecule has 0 bridgehead atoms. The van der Waals surface area contributed by atoms with E-state index >= 15 is 0 Å². The van der Waals surface area contributed by atoms with Crippen LogP contribution in [0.1, 0.15) is 10.4 Å². The number of aromatic nitrogens is 3. The number of amides is 1. The number of pyridine rings is 1. The number of para-hydroxylation sites is 1. The molecule has 1 aromatic carbocycles. The minimum atomic E-state index is -0.301. The molecule has 7 nitrogen and oxygen atoms in total. The van der Waals surface area contributed by atoms with E-state index in [0.29, 0.717) is 29.7 Å². The number of piperazine rings is 1. The predicted molar refractivity (Wildman–Crippen MR) is 91.3 cm³/mol. The van der Waals surface area contributed by atoms with E-state index < -0.39 is 0 Å². The van der Waals surface area contributed by atoms with E-state index in [9.17, 15) is 9.59 Å². The van der Waals surface area contributed by atoms with Crippen molar-refractivity contribution in [1.29, 1.82) is 0 Å². The van der Waals surface area contributed by atoms with Gasteiger partial charge in [0.25, 0.3) is 5.91 Å². The molecule has 1 saturated heterocycles. The number of anilines is 1. The van der Waals surface area contributed by atoms with Gasteiger partial charge in [-0.25, -0.2) is 9.78 Å². The first-order chi connectivity index (χ1) is 11.7. The quantitative estimate of drug-likeness (QED) is 0.742. The van der Waals surface area contributed by atoms with Crippen LogP contribution < -0.4 is 10.6 Å². The van der Waals surface area contributed by atoms with Gasteiger partial charge in [-0.05, 0) is 24.3 Å². The SMILES string of the molecule is O=C(c1cccc2[nH]c(=O)[nH]c12)N1CCN(c2ccccn2)CC1. The summed E-state index contributed by atoms with van der Waals surface area (Å²) in [5.74, 6) is 0.873. The standard InChI is InChI=1S/C17H17N5O2/c23-16(12-4-3-5-13-15(12)20-17(24)19-13)22-10-8-21(9-11-22)14-6-1-2-7-18-14/h1-7H,8-11H2,(H2,19,20,24). The number of H-pyrrole nitrogens is 2. The summed E-state index contributed by atoms with van der Waals surface area (Å²) in [5.41, 5.74) is 1.44. The number of carbonyl (C=O) groups excluding carboxylic acids is 1. The number of hydrogen-bond acceptors (Lipinski definition) is 4. The highest BCUT2D eigenvalue weighted by atomic mass is 16.2. The summed E-state index contributed by atoms with van der Waals surface area (Å²) in [6.07, 6.45) is 1.77. The Morgan fingerprint density at radius 2 is 1.83 bits per heavy atom. The van der Waals surface area contributed by atoms with Gasteiger partial charge in [-0.15, -0.1) is 0 Å². The van der Waals surface area contributed by atoms with Gasteiger partial charge in [-0.2, -0.15) is 0 Å². The summed E-state index contributed by atoms with van der Waals surface area (Å²) in [6, 6.07) is 11.1. The van der Waals surface area contributed by atoms with Crippen molar-refractivity contribution in [3.8, 4) is 0 Å². The molecule has 3 aromatic rings. The van der Waals surface area contributed by atoms with Crippen molar-refractivity contribution in [3.05, 3.63) is 58.6 Å². The zero-order valence-corrected chi connectivity index (χ0v) is 13.0. The van der Waals surface area contributed by atoms with Gasteiger partial charge >= 0.3 is 5.69 Å². The molecule has 0 saturated carbocycles. The van der Waals surface area contributed by atoms with Crippen molar-refractivity contribution in [2.24, 2.45) is 0 Å². The summed E-state index contributed by atoms with van der Waals surface area (Å²) in [7, 11) is 0. The highest BCUT2D eigenvalue weighted by Gasteiger charge is 2.24. The molecule has 4 rings (SSSR count). The molecule has 24 heavy (non-hydrogen) atoms. The van der Waals surface area contributed by atoms with Gasteiger partial charge in [0.1, 0.15) is 5.82 Å². The average Bonchev–Trinajstić information content (AvgIpc) is 3.02. The summed E-state index contributed by atoms with van der Waals surface area (Å²) in [4.78, 5) is 38.0. The van der Waals surface area contributed by atoms with Gasteiger partial charge in [-0.1, -0.05) is 12.1 Å². The normalized spacial score (nSPS) is 15.0. The molecule has 0 radical (unpaired) electrons. The van der Waals surface area contributed by atoms with Crippen molar-refractivity contribution in [2.45, 2.75) is 0 Å². The molecule has 0 aliphatic carbocycles. The van der Waals surface area contributed by atoms with Crippen LogP contribution in [0.2, 0.25) is 0 Å². The third-order valence-electron chi connectivity index (χ3n) is 4.32.